The Morgan fingerprint density at radius 2 is 2.32 bits per heavy atom. The highest BCUT2D eigenvalue weighted by molar-refractivity contribution is 14.0. The second-order valence-corrected chi connectivity index (χ2v) is 7.11. The maximum Gasteiger partial charge on any atom is 0.194 e. The van der Waals surface area contributed by atoms with Crippen LogP contribution in [0.5, 0.6) is 0 Å². The van der Waals surface area contributed by atoms with Crippen LogP contribution in [0.25, 0.3) is 0 Å². The third kappa shape index (κ3) is 5.30. The molecule has 1 unspecified atom stereocenters. The number of nitrogens with one attached hydrogen (secondary N) is 1. The topological polar surface area (TPSA) is 40.5 Å². The Bertz CT molecular complexity index is 493. The van der Waals surface area contributed by atoms with E-state index in [0.717, 1.165) is 31.3 Å². The summed E-state index contributed by atoms with van der Waals surface area (Å²) in [7, 11) is 1.86. The monoisotopic (exact) mass is 434 g/mol. The molecular formula is C16H27IN4S. The number of thioether (sulfide) groups is 1. The number of hydrogen-bond donors (Lipinski definition) is 1. The molecule has 0 spiro atoms. The zero-order valence-corrected chi connectivity index (χ0v) is 17.0. The highest BCUT2D eigenvalue weighted by Crippen LogP contribution is 2.24. The van der Waals surface area contributed by atoms with E-state index in [1.54, 1.807) is 0 Å². The van der Waals surface area contributed by atoms with Gasteiger partial charge in [0.2, 0.25) is 0 Å². The number of aliphatic imine (C=N–C) groups is 1. The van der Waals surface area contributed by atoms with Gasteiger partial charge in [-0.25, -0.2) is 0 Å². The number of halogens is 1. The second-order valence-electron chi connectivity index (χ2n) is 5.77. The van der Waals surface area contributed by atoms with Gasteiger partial charge in [0.1, 0.15) is 0 Å². The van der Waals surface area contributed by atoms with Crippen LogP contribution in [0.1, 0.15) is 25.1 Å². The fourth-order valence-electron chi connectivity index (χ4n) is 2.47. The number of aryl methyl sites for hydroxylation is 1. The molecule has 1 atom stereocenters. The Hall–Kier alpha value is -0.500. The Labute approximate surface area is 155 Å². The lowest BCUT2D eigenvalue weighted by Crippen LogP contribution is -2.48. The molecule has 2 heterocycles. The molecule has 0 radical (unpaired) electrons. The zero-order valence-electron chi connectivity index (χ0n) is 13.9. The van der Waals surface area contributed by atoms with Crippen LogP contribution in [0, 0.1) is 12.8 Å². The summed E-state index contributed by atoms with van der Waals surface area (Å²) in [5.41, 5.74) is 2.31. The maximum absolute atomic E-state index is 4.44. The molecule has 1 N–H and O–H groups in total. The van der Waals surface area contributed by atoms with Gasteiger partial charge in [-0.05, 0) is 24.5 Å². The van der Waals surface area contributed by atoms with Gasteiger partial charge in [-0.15, -0.1) is 24.0 Å². The lowest BCUT2D eigenvalue weighted by Gasteiger charge is -2.36. The van der Waals surface area contributed by atoms with E-state index in [2.05, 4.69) is 58.8 Å². The molecule has 0 saturated carbocycles. The van der Waals surface area contributed by atoms with Crippen LogP contribution in [0.15, 0.2) is 23.3 Å². The van der Waals surface area contributed by atoms with Crippen molar-refractivity contribution < 1.29 is 0 Å². The number of aromatic nitrogens is 1. The van der Waals surface area contributed by atoms with Gasteiger partial charge in [-0.1, -0.05) is 19.9 Å². The van der Waals surface area contributed by atoms with Crippen molar-refractivity contribution in [3.8, 4) is 0 Å². The molecule has 0 aromatic carbocycles. The van der Waals surface area contributed by atoms with Crippen LogP contribution in [-0.4, -0.2) is 47.0 Å². The summed E-state index contributed by atoms with van der Waals surface area (Å²) in [6.07, 6.45) is 1.85. The van der Waals surface area contributed by atoms with Crippen molar-refractivity contribution in [3.63, 3.8) is 0 Å². The molecule has 1 aromatic heterocycles. The first-order valence-corrected chi connectivity index (χ1v) is 8.64. The molecule has 124 valence electrons. The van der Waals surface area contributed by atoms with Gasteiger partial charge in [-0.2, -0.15) is 11.8 Å². The van der Waals surface area contributed by atoms with Crippen LogP contribution in [0.3, 0.4) is 0 Å². The largest absolute Gasteiger partial charge is 0.351 e. The average molecular weight is 434 g/mol. The summed E-state index contributed by atoms with van der Waals surface area (Å²) >= 11 is 2.08. The first-order valence-electron chi connectivity index (χ1n) is 7.59. The van der Waals surface area contributed by atoms with Gasteiger partial charge in [0.25, 0.3) is 0 Å². The van der Waals surface area contributed by atoms with Crippen molar-refractivity contribution in [1.82, 2.24) is 15.2 Å². The maximum atomic E-state index is 4.44. The van der Waals surface area contributed by atoms with E-state index >= 15 is 0 Å². The Morgan fingerprint density at radius 1 is 1.55 bits per heavy atom. The van der Waals surface area contributed by atoms with Gasteiger partial charge < -0.3 is 10.2 Å². The quantitative estimate of drug-likeness (QED) is 0.451. The van der Waals surface area contributed by atoms with Gasteiger partial charge in [-0.3, -0.25) is 9.98 Å². The van der Waals surface area contributed by atoms with Gasteiger partial charge in [0.05, 0.1) is 12.2 Å². The molecule has 1 aromatic rings. The van der Waals surface area contributed by atoms with Gasteiger partial charge in [0, 0.05) is 37.3 Å². The summed E-state index contributed by atoms with van der Waals surface area (Å²) in [6.45, 7) is 9.57. The van der Waals surface area contributed by atoms with Crippen molar-refractivity contribution in [2.45, 2.75) is 32.6 Å². The highest BCUT2D eigenvalue weighted by atomic mass is 127. The van der Waals surface area contributed by atoms with E-state index in [0.29, 0.717) is 11.2 Å². The molecule has 4 nitrogen and oxygen atoms in total. The Morgan fingerprint density at radius 3 is 2.95 bits per heavy atom. The predicted octanol–water partition coefficient (Wildman–Crippen LogP) is 3.16. The van der Waals surface area contributed by atoms with E-state index in [1.807, 2.05) is 19.3 Å². The summed E-state index contributed by atoms with van der Waals surface area (Å²) in [6, 6.07) is 4.07. The SMILES string of the molecule is CN=C(NCc1ncccc1C)N1CCSC(C(C)C)C1.I. The van der Waals surface area contributed by atoms with Crippen molar-refractivity contribution in [1.29, 1.82) is 0 Å². The fourth-order valence-corrected chi connectivity index (χ4v) is 3.77. The average Bonchev–Trinajstić information content (AvgIpc) is 2.50. The van der Waals surface area contributed by atoms with Crippen LogP contribution in [0.2, 0.25) is 0 Å². The molecule has 1 saturated heterocycles. The zero-order chi connectivity index (χ0) is 15.2. The number of hydrogen-bond acceptors (Lipinski definition) is 3. The van der Waals surface area contributed by atoms with Crippen LogP contribution < -0.4 is 5.32 Å². The van der Waals surface area contributed by atoms with Crippen LogP contribution in [0.4, 0.5) is 0 Å². The van der Waals surface area contributed by atoms with Crippen molar-refractivity contribution >= 4 is 41.7 Å². The smallest absolute Gasteiger partial charge is 0.194 e. The minimum Gasteiger partial charge on any atom is -0.351 e. The summed E-state index contributed by atoms with van der Waals surface area (Å²) in [4.78, 5) is 11.3. The van der Waals surface area contributed by atoms with Crippen molar-refractivity contribution in [2.75, 3.05) is 25.9 Å². The predicted molar refractivity (Wildman–Crippen MR) is 107 cm³/mol. The first kappa shape index (κ1) is 19.5. The molecule has 1 aliphatic rings. The minimum atomic E-state index is 0. The lowest BCUT2D eigenvalue weighted by atomic mass is 10.1. The molecular weight excluding hydrogens is 407 g/mol. The van der Waals surface area contributed by atoms with Crippen molar-refractivity contribution in [3.05, 3.63) is 29.6 Å². The lowest BCUT2D eigenvalue weighted by molar-refractivity contribution is 0.380. The fraction of sp³-hybridized carbons (Fsp3) is 0.625. The van der Waals surface area contributed by atoms with Gasteiger partial charge >= 0.3 is 0 Å². The Balaban J connectivity index is 0.00000242. The molecule has 0 amide bonds. The third-order valence-corrected chi connectivity index (χ3v) is 5.42. The number of pyridine rings is 1. The van der Waals surface area contributed by atoms with Gasteiger partial charge in [0.15, 0.2) is 5.96 Å². The third-order valence-electron chi connectivity index (χ3n) is 3.88. The molecule has 0 aliphatic carbocycles. The molecule has 1 fully saturated rings. The van der Waals surface area contributed by atoms with E-state index < -0.39 is 0 Å². The standard InChI is InChI=1S/C16H26N4S.HI/c1-12(2)15-11-20(8-9-21-15)16(17-4)19-10-14-13(3)6-5-7-18-14;/h5-7,12,15H,8-11H2,1-4H3,(H,17,19);1H. The number of rotatable bonds is 3. The highest BCUT2D eigenvalue weighted by Gasteiger charge is 2.24. The van der Waals surface area contributed by atoms with E-state index in [1.165, 1.54) is 11.3 Å². The summed E-state index contributed by atoms with van der Waals surface area (Å²) in [5.74, 6) is 2.87. The minimum absolute atomic E-state index is 0. The van der Waals surface area contributed by atoms with E-state index in [4.69, 9.17) is 0 Å². The molecule has 22 heavy (non-hydrogen) atoms. The summed E-state index contributed by atoms with van der Waals surface area (Å²) < 4.78 is 0. The van der Waals surface area contributed by atoms with Crippen LogP contribution in [-0.2, 0) is 6.54 Å². The molecule has 0 bridgehead atoms. The summed E-state index contributed by atoms with van der Waals surface area (Å²) in [5, 5.41) is 4.15. The Kier molecular flexibility index (Phi) is 8.53. The van der Waals surface area contributed by atoms with Crippen LogP contribution >= 0.6 is 35.7 Å². The first-order chi connectivity index (χ1) is 10.1. The number of guanidine groups is 1. The second kappa shape index (κ2) is 9.60. The molecule has 6 heteroatoms. The van der Waals surface area contributed by atoms with Crippen molar-refractivity contribution in [2.24, 2.45) is 10.9 Å². The normalized spacial score (nSPS) is 19.0. The molecule has 1 aliphatic heterocycles. The molecule has 2 rings (SSSR count). The number of nitrogens with zero attached hydrogens (tertiary/aromatic N) is 3. The van der Waals surface area contributed by atoms with E-state index in [9.17, 15) is 0 Å². The van der Waals surface area contributed by atoms with E-state index in [-0.39, 0.29) is 24.0 Å².